The highest BCUT2D eigenvalue weighted by molar-refractivity contribution is 5.60. The number of carboxylic acid groups (broad SMARTS) is 1. The van der Waals surface area contributed by atoms with Crippen molar-refractivity contribution in [1.29, 1.82) is 0 Å². The molecule has 0 aliphatic rings. The summed E-state index contributed by atoms with van der Waals surface area (Å²) >= 11 is 0. The van der Waals surface area contributed by atoms with Gasteiger partial charge in [-0.2, -0.15) is 0 Å². The molecule has 0 aliphatic heterocycles. The van der Waals surface area contributed by atoms with Crippen LogP contribution in [0.1, 0.15) is 58.6 Å². The molecule has 0 amide bonds. The molecular formula is C16H27NO2. The first-order chi connectivity index (χ1) is 9.11. The van der Waals surface area contributed by atoms with E-state index in [1.165, 1.54) is 50.8 Å². The van der Waals surface area contributed by atoms with Crippen LogP contribution in [0.2, 0.25) is 0 Å². The molecule has 19 heavy (non-hydrogen) atoms. The van der Waals surface area contributed by atoms with Crippen molar-refractivity contribution in [1.82, 2.24) is 0 Å². The van der Waals surface area contributed by atoms with E-state index in [2.05, 4.69) is 42.8 Å². The first kappa shape index (κ1) is 17.6. The number of unbranched alkanes of at least 4 members (excludes halogenated alkanes) is 3. The molecule has 0 spiro atoms. The zero-order valence-corrected chi connectivity index (χ0v) is 12.5. The third-order valence-electron chi connectivity index (χ3n) is 2.79. The Balaban J connectivity index is 0.000000711. The summed E-state index contributed by atoms with van der Waals surface area (Å²) < 4.78 is 2.42. The average Bonchev–Trinajstić information content (AvgIpc) is 2.36. The maximum absolute atomic E-state index is 8.89. The van der Waals surface area contributed by atoms with Crippen LogP contribution in [-0.2, 0) is 17.8 Å². The lowest BCUT2D eigenvalue weighted by Gasteiger charge is -2.02. The van der Waals surface area contributed by atoms with Crippen LogP contribution < -0.4 is 9.67 Å². The van der Waals surface area contributed by atoms with Gasteiger partial charge in [0.25, 0.3) is 0 Å². The first-order valence-corrected chi connectivity index (χ1v) is 7.26. The summed E-state index contributed by atoms with van der Waals surface area (Å²) in [6, 6.07) is 6.54. The second-order valence-corrected chi connectivity index (χ2v) is 4.69. The fourth-order valence-corrected chi connectivity index (χ4v) is 1.92. The maximum Gasteiger partial charge on any atom is 0.181 e. The number of rotatable bonds is 7. The number of hydrogen-bond donors (Lipinski definition) is 0. The quantitative estimate of drug-likeness (QED) is 0.560. The van der Waals surface area contributed by atoms with Crippen LogP contribution in [0.4, 0.5) is 0 Å². The molecule has 0 bridgehead atoms. The highest BCUT2D eigenvalue weighted by Crippen LogP contribution is 2.01. The Morgan fingerprint density at radius 1 is 1.16 bits per heavy atom. The van der Waals surface area contributed by atoms with E-state index in [0.29, 0.717) is 0 Å². The van der Waals surface area contributed by atoms with Gasteiger partial charge in [-0.1, -0.05) is 32.8 Å². The van der Waals surface area contributed by atoms with Gasteiger partial charge in [-0.05, 0) is 19.8 Å². The molecule has 1 rings (SSSR count). The van der Waals surface area contributed by atoms with E-state index in [-0.39, 0.29) is 0 Å². The molecule has 0 atom stereocenters. The summed E-state index contributed by atoms with van der Waals surface area (Å²) in [5.74, 6) is -1.08. The van der Waals surface area contributed by atoms with E-state index < -0.39 is 5.97 Å². The minimum Gasteiger partial charge on any atom is -0.550 e. The van der Waals surface area contributed by atoms with Gasteiger partial charge in [0.15, 0.2) is 11.9 Å². The van der Waals surface area contributed by atoms with E-state index >= 15 is 0 Å². The monoisotopic (exact) mass is 265 g/mol. The third kappa shape index (κ3) is 10.2. The van der Waals surface area contributed by atoms with Gasteiger partial charge in [0.1, 0.15) is 6.54 Å². The zero-order valence-electron chi connectivity index (χ0n) is 12.5. The number of aromatic nitrogens is 1. The molecule has 1 aromatic rings. The van der Waals surface area contributed by atoms with Crippen LogP contribution in [0.25, 0.3) is 0 Å². The number of aliphatic carboxylic acids is 1. The van der Waals surface area contributed by atoms with Crippen molar-refractivity contribution in [2.75, 3.05) is 0 Å². The van der Waals surface area contributed by atoms with E-state index in [1.807, 2.05) is 0 Å². The van der Waals surface area contributed by atoms with Gasteiger partial charge in [-0.15, -0.1) is 0 Å². The number of nitrogens with zero attached hydrogens (tertiary/aromatic N) is 1. The van der Waals surface area contributed by atoms with E-state index in [4.69, 9.17) is 9.90 Å². The lowest BCUT2D eigenvalue weighted by molar-refractivity contribution is -0.704. The van der Waals surface area contributed by atoms with Crippen molar-refractivity contribution in [3.63, 3.8) is 0 Å². The predicted octanol–water partition coefficient (Wildman–Crippen LogP) is 2.26. The minimum absolute atomic E-state index is 0.972. The van der Waals surface area contributed by atoms with Crippen molar-refractivity contribution in [3.8, 4) is 0 Å². The molecular weight excluding hydrogens is 238 g/mol. The Hall–Kier alpha value is -1.38. The Bertz CT molecular complexity index is 346. The predicted molar refractivity (Wildman–Crippen MR) is 75.5 cm³/mol. The maximum atomic E-state index is 8.89. The van der Waals surface area contributed by atoms with E-state index in [0.717, 1.165) is 6.92 Å². The molecule has 0 saturated carbocycles. The van der Waals surface area contributed by atoms with E-state index in [9.17, 15) is 0 Å². The number of carboxylic acids is 1. The van der Waals surface area contributed by atoms with Crippen LogP contribution in [0.3, 0.4) is 0 Å². The molecule has 1 heterocycles. The second-order valence-electron chi connectivity index (χ2n) is 4.69. The van der Waals surface area contributed by atoms with Gasteiger partial charge in [-0.25, -0.2) is 4.57 Å². The van der Waals surface area contributed by atoms with Crippen molar-refractivity contribution in [2.24, 2.45) is 0 Å². The van der Waals surface area contributed by atoms with Crippen LogP contribution in [-0.4, -0.2) is 5.97 Å². The molecule has 1 aromatic heterocycles. The summed E-state index contributed by atoms with van der Waals surface area (Å²) in [7, 11) is 0. The van der Waals surface area contributed by atoms with Gasteiger partial charge >= 0.3 is 0 Å². The van der Waals surface area contributed by atoms with Gasteiger partial charge in [-0.3, -0.25) is 0 Å². The largest absolute Gasteiger partial charge is 0.550 e. The number of carbonyl (C=O) groups excluding carboxylic acids is 1. The number of carbonyl (C=O) groups is 1. The van der Waals surface area contributed by atoms with Crippen molar-refractivity contribution in [2.45, 2.75) is 65.8 Å². The molecule has 0 unspecified atom stereocenters. The minimum atomic E-state index is -1.08. The number of aryl methyl sites for hydroxylation is 2. The Morgan fingerprint density at radius 3 is 2.42 bits per heavy atom. The topological polar surface area (TPSA) is 44.0 Å². The van der Waals surface area contributed by atoms with Gasteiger partial charge in [0, 0.05) is 30.9 Å². The van der Waals surface area contributed by atoms with Crippen molar-refractivity contribution < 1.29 is 14.5 Å². The fourth-order valence-electron chi connectivity index (χ4n) is 1.92. The second kappa shape index (κ2) is 11.7. The fraction of sp³-hybridized carbons (Fsp3) is 0.625. The average molecular weight is 265 g/mol. The molecule has 0 saturated heterocycles. The molecule has 0 radical (unpaired) electrons. The zero-order chi connectivity index (χ0) is 14.5. The normalized spacial score (nSPS) is 9.63. The molecule has 0 aromatic carbocycles. The number of pyridine rings is 1. The van der Waals surface area contributed by atoms with Crippen LogP contribution in [0.15, 0.2) is 24.4 Å². The van der Waals surface area contributed by atoms with Gasteiger partial charge < -0.3 is 9.90 Å². The highest BCUT2D eigenvalue weighted by atomic mass is 16.4. The molecule has 0 fully saturated rings. The van der Waals surface area contributed by atoms with Crippen molar-refractivity contribution >= 4 is 5.97 Å². The third-order valence-corrected chi connectivity index (χ3v) is 2.79. The van der Waals surface area contributed by atoms with Crippen LogP contribution in [0.5, 0.6) is 0 Å². The molecule has 108 valence electrons. The summed E-state index contributed by atoms with van der Waals surface area (Å²) in [6.45, 7) is 6.67. The Labute approximate surface area is 117 Å². The van der Waals surface area contributed by atoms with Gasteiger partial charge in [0.2, 0.25) is 0 Å². The van der Waals surface area contributed by atoms with Crippen LogP contribution >= 0.6 is 0 Å². The molecule has 0 N–H and O–H groups in total. The first-order valence-electron chi connectivity index (χ1n) is 7.26. The Kier molecular flexibility index (Phi) is 10.8. The lowest BCUT2D eigenvalue weighted by atomic mass is 10.2. The Morgan fingerprint density at radius 2 is 1.84 bits per heavy atom. The smallest absolute Gasteiger partial charge is 0.181 e. The SMILES string of the molecule is CC(=O)[O-].CCCCCC[n+]1ccccc1CCC. The summed E-state index contributed by atoms with van der Waals surface area (Å²) in [4.78, 5) is 8.89. The van der Waals surface area contributed by atoms with Gasteiger partial charge in [0.05, 0.1) is 0 Å². The van der Waals surface area contributed by atoms with E-state index in [1.54, 1.807) is 0 Å². The standard InChI is InChI=1S/C14H24N.C2H4O2/c1-3-5-6-8-12-15-13-9-7-11-14(15)10-4-2;1-2(3)4/h7,9,11,13H,3-6,8,10,12H2,1-2H3;1H3,(H,3,4)/q+1;/p-1. The lowest BCUT2D eigenvalue weighted by Crippen LogP contribution is -2.37. The summed E-state index contributed by atoms with van der Waals surface area (Å²) in [5.41, 5.74) is 1.48. The molecule has 3 heteroatoms. The summed E-state index contributed by atoms with van der Waals surface area (Å²) in [6.07, 6.45) is 10.0. The van der Waals surface area contributed by atoms with Crippen LogP contribution in [0, 0.1) is 0 Å². The molecule has 0 aliphatic carbocycles. The molecule has 3 nitrogen and oxygen atoms in total. The highest BCUT2D eigenvalue weighted by Gasteiger charge is 2.06. The van der Waals surface area contributed by atoms with Crippen molar-refractivity contribution in [3.05, 3.63) is 30.1 Å². The summed E-state index contributed by atoms with van der Waals surface area (Å²) in [5, 5.41) is 8.89. The number of hydrogen-bond acceptors (Lipinski definition) is 2.